The Balaban J connectivity index is 1.64. The van der Waals surface area contributed by atoms with Gasteiger partial charge in [-0.1, -0.05) is 60.7 Å². The Morgan fingerprint density at radius 2 is 1.90 bits per heavy atom. The van der Waals surface area contributed by atoms with Crippen LogP contribution in [0.5, 0.6) is 5.75 Å². The molecular weight excluding hydrogens is 408 g/mol. The smallest absolute Gasteiger partial charge is 0.261 e. The Morgan fingerprint density at radius 3 is 2.61 bits per heavy atom. The van der Waals surface area contributed by atoms with Gasteiger partial charge in [0.2, 0.25) is 0 Å². The van der Waals surface area contributed by atoms with Gasteiger partial charge in [0.15, 0.2) is 5.13 Å². The quantitative estimate of drug-likeness (QED) is 0.546. The first kappa shape index (κ1) is 21.0. The highest BCUT2D eigenvalue weighted by molar-refractivity contribution is 7.16. The lowest BCUT2D eigenvalue weighted by molar-refractivity contribution is 0.102. The maximum Gasteiger partial charge on any atom is 0.261 e. The molecule has 0 fully saturated rings. The number of benzene rings is 2. The predicted octanol–water partition coefficient (Wildman–Crippen LogP) is 5.35. The zero-order valence-corrected chi connectivity index (χ0v) is 18.3. The lowest BCUT2D eigenvalue weighted by Gasteiger charge is -2.14. The van der Waals surface area contributed by atoms with Crippen LogP contribution in [0.15, 0.2) is 72.8 Å². The number of ether oxygens (including phenoxy) is 2. The Bertz CT molecular complexity index is 1120. The zero-order valence-electron chi connectivity index (χ0n) is 17.5. The third kappa shape index (κ3) is 4.93. The molecule has 5 nitrogen and oxygen atoms in total. The van der Waals surface area contributed by atoms with E-state index in [2.05, 4.69) is 23.5 Å². The topological polar surface area (TPSA) is 60.5 Å². The second-order valence-electron chi connectivity index (χ2n) is 7.14. The third-order valence-corrected chi connectivity index (χ3v) is 6.08. The van der Waals surface area contributed by atoms with Crippen molar-refractivity contribution in [1.82, 2.24) is 4.98 Å². The van der Waals surface area contributed by atoms with E-state index in [1.54, 1.807) is 26.4 Å². The molecule has 1 aliphatic rings. The molecule has 1 heterocycles. The Kier molecular flexibility index (Phi) is 6.60. The number of methoxy groups -OCH3 is 2. The molecule has 0 aliphatic heterocycles. The molecule has 158 valence electrons. The van der Waals surface area contributed by atoms with Crippen LogP contribution in [0.2, 0.25) is 0 Å². The first-order valence-electron chi connectivity index (χ1n) is 10.1. The number of anilines is 1. The molecule has 6 heteroatoms. The molecule has 0 radical (unpaired) electrons. The van der Waals surface area contributed by atoms with Crippen LogP contribution >= 0.6 is 11.3 Å². The summed E-state index contributed by atoms with van der Waals surface area (Å²) >= 11 is 1.50. The van der Waals surface area contributed by atoms with Gasteiger partial charge in [-0.2, -0.15) is 0 Å². The minimum absolute atomic E-state index is 0.0877. The molecule has 0 saturated heterocycles. The maximum absolute atomic E-state index is 12.9. The van der Waals surface area contributed by atoms with Crippen LogP contribution in [-0.2, 0) is 11.2 Å². The Hall–Kier alpha value is -3.22. The fourth-order valence-corrected chi connectivity index (χ4v) is 4.49. The van der Waals surface area contributed by atoms with Crippen LogP contribution in [0.1, 0.15) is 32.9 Å². The second-order valence-corrected chi connectivity index (χ2v) is 8.22. The molecule has 4 rings (SSSR count). The lowest BCUT2D eigenvalue weighted by Crippen LogP contribution is -2.13. The van der Waals surface area contributed by atoms with Gasteiger partial charge in [-0.3, -0.25) is 10.1 Å². The first-order valence-corrected chi connectivity index (χ1v) is 10.9. The lowest BCUT2D eigenvalue weighted by atomic mass is 10.00. The SMILES string of the molecule is COc1ccccc1C(=O)Nc1nc(C2=CCC(OC)C=C2)c(Cc2ccccc2)s1. The molecule has 0 spiro atoms. The standard InChI is InChI=1S/C25H24N2O3S/c1-29-19-14-12-18(13-15-19)23-22(16-17-8-4-3-5-9-17)31-25(26-23)27-24(28)20-10-6-7-11-21(20)30-2/h3-14,19H,15-16H2,1-2H3,(H,26,27,28). The van der Waals surface area contributed by atoms with Gasteiger partial charge in [-0.25, -0.2) is 4.98 Å². The largest absolute Gasteiger partial charge is 0.496 e. The highest BCUT2D eigenvalue weighted by atomic mass is 32.1. The van der Waals surface area contributed by atoms with Crippen LogP contribution in [0.3, 0.4) is 0 Å². The molecule has 1 amide bonds. The number of carbonyl (C=O) groups excluding carboxylic acids is 1. The van der Waals surface area contributed by atoms with Gasteiger partial charge < -0.3 is 9.47 Å². The van der Waals surface area contributed by atoms with Crippen molar-refractivity contribution < 1.29 is 14.3 Å². The summed E-state index contributed by atoms with van der Waals surface area (Å²) in [7, 11) is 3.27. The van der Waals surface area contributed by atoms with E-state index in [4.69, 9.17) is 14.5 Å². The fraction of sp³-hybridized carbons (Fsp3) is 0.200. The number of amides is 1. The van der Waals surface area contributed by atoms with Gasteiger partial charge in [-0.05, 0) is 29.7 Å². The molecule has 1 aliphatic carbocycles. The van der Waals surface area contributed by atoms with Crippen LogP contribution in [0.25, 0.3) is 5.57 Å². The van der Waals surface area contributed by atoms with Gasteiger partial charge in [-0.15, -0.1) is 11.3 Å². The summed E-state index contributed by atoms with van der Waals surface area (Å²) in [5, 5.41) is 3.52. The predicted molar refractivity (Wildman–Crippen MR) is 125 cm³/mol. The molecule has 2 aromatic carbocycles. The second kappa shape index (κ2) is 9.73. The minimum atomic E-state index is -0.239. The number of thiazole rings is 1. The molecule has 3 aromatic rings. The average molecular weight is 433 g/mol. The average Bonchev–Trinajstić information content (AvgIpc) is 3.21. The van der Waals surface area contributed by atoms with Crippen LogP contribution in [-0.4, -0.2) is 31.2 Å². The summed E-state index contributed by atoms with van der Waals surface area (Å²) in [6.07, 6.45) is 7.87. The van der Waals surface area contributed by atoms with E-state index in [0.29, 0.717) is 16.4 Å². The molecular formula is C25H24N2O3S. The number of rotatable bonds is 7. The van der Waals surface area contributed by atoms with Crippen molar-refractivity contribution in [2.45, 2.75) is 18.9 Å². The summed E-state index contributed by atoms with van der Waals surface area (Å²) in [5.41, 5.74) is 3.62. The van der Waals surface area contributed by atoms with Crippen molar-refractivity contribution in [2.75, 3.05) is 19.5 Å². The van der Waals surface area contributed by atoms with E-state index in [-0.39, 0.29) is 12.0 Å². The summed E-state index contributed by atoms with van der Waals surface area (Å²) in [4.78, 5) is 18.8. The molecule has 31 heavy (non-hydrogen) atoms. The van der Waals surface area contributed by atoms with Crippen LogP contribution in [0, 0.1) is 0 Å². The molecule has 1 aromatic heterocycles. The zero-order chi connectivity index (χ0) is 21.6. The number of hydrogen-bond acceptors (Lipinski definition) is 5. The number of carbonyl (C=O) groups is 1. The Morgan fingerprint density at radius 1 is 1.13 bits per heavy atom. The van der Waals surface area contributed by atoms with Gasteiger partial charge in [0, 0.05) is 18.4 Å². The first-order chi connectivity index (χ1) is 15.2. The van der Waals surface area contributed by atoms with E-state index >= 15 is 0 Å². The van der Waals surface area contributed by atoms with E-state index < -0.39 is 0 Å². The van der Waals surface area contributed by atoms with Gasteiger partial charge in [0.05, 0.1) is 24.5 Å². The molecule has 1 unspecified atom stereocenters. The number of allylic oxidation sites excluding steroid dienone is 2. The summed E-state index contributed by atoms with van der Waals surface area (Å²) < 4.78 is 10.7. The van der Waals surface area contributed by atoms with Crippen molar-refractivity contribution >= 4 is 27.9 Å². The third-order valence-electron chi connectivity index (χ3n) is 5.11. The van der Waals surface area contributed by atoms with Crippen molar-refractivity contribution in [3.8, 4) is 5.75 Å². The van der Waals surface area contributed by atoms with Crippen molar-refractivity contribution in [3.05, 3.63) is 94.5 Å². The Labute approximate surface area is 186 Å². The van der Waals surface area contributed by atoms with Gasteiger partial charge in [0.25, 0.3) is 5.91 Å². The van der Waals surface area contributed by atoms with Crippen molar-refractivity contribution in [1.29, 1.82) is 0 Å². The van der Waals surface area contributed by atoms with Gasteiger partial charge in [0.1, 0.15) is 5.75 Å². The van der Waals surface area contributed by atoms with Crippen molar-refractivity contribution in [2.24, 2.45) is 0 Å². The van der Waals surface area contributed by atoms with Crippen LogP contribution < -0.4 is 10.1 Å². The monoisotopic (exact) mass is 432 g/mol. The number of para-hydroxylation sites is 1. The van der Waals surface area contributed by atoms with Gasteiger partial charge >= 0.3 is 0 Å². The number of hydrogen-bond donors (Lipinski definition) is 1. The summed E-state index contributed by atoms with van der Waals surface area (Å²) in [5.74, 6) is 0.293. The molecule has 0 saturated carbocycles. The number of nitrogens with zero attached hydrogens (tertiary/aromatic N) is 1. The highest BCUT2D eigenvalue weighted by Crippen LogP contribution is 2.33. The van der Waals surface area contributed by atoms with Crippen molar-refractivity contribution in [3.63, 3.8) is 0 Å². The van der Waals surface area contributed by atoms with Crippen LogP contribution in [0.4, 0.5) is 5.13 Å². The molecule has 1 atom stereocenters. The minimum Gasteiger partial charge on any atom is -0.496 e. The fourth-order valence-electron chi connectivity index (χ4n) is 3.48. The van der Waals surface area contributed by atoms with E-state index in [9.17, 15) is 4.79 Å². The molecule has 1 N–H and O–H groups in total. The summed E-state index contributed by atoms with van der Waals surface area (Å²) in [6.45, 7) is 0. The highest BCUT2D eigenvalue weighted by Gasteiger charge is 2.20. The van der Waals surface area contributed by atoms with E-state index in [0.717, 1.165) is 29.0 Å². The molecule has 0 bridgehead atoms. The summed E-state index contributed by atoms with van der Waals surface area (Å²) in [6, 6.07) is 17.4. The van der Waals surface area contributed by atoms with E-state index in [1.807, 2.05) is 42.5 Å². The normalized spacial score (nSPS) is 15.4. The maximum atomic E-state index is 12.9. The van der Waals surface area contributed by atoms with E-state index in [1.165, 1.54) is 16.9 Å². The number of nitrogens with one attached hydrogen (secondary N) is 1. The number of aromatic nitrogens is 1.